The summed E-state index contributed by atoms with van der Waals surface area (Å²) in [6.07, 6.45) is 2.58. The van der Waals surface area contributed by atoms with Gasteiger partial charge < -0.3 is 10.2 Å². The maximum Gasteiger partial charge on any atom is 0.287 e. The first-order valence-corrected chi connectivity index (χ1v) is 9.64. The number of nitrogens with zero attached hydrogens (tertiary/aromatic N) is 3. The van der Waals surface area contributed by atoms with Crippen molar-refractivity contribution in [1.29, 1.82) is 0 Å². The fraction of sp³-hybridized carbons (Fsp3) is 0.318. The molecule has 0 radical (unpaired) electrons. The van der Waals surface area contributed by atoms with Gasteiger partial charge in [-0.3, -0.25) is 14.0 Å². The lowest BCUT2D eigenvalue weighted by Gasteiger charge is -2.21. The Bertz CT molecular complexity index is 1050. The van der Waals surface area contributed by atoms with Crippen molar-refractivity contribution < 1.29 is 9.59 Å². The van der Waals surface area contributed by atoms with E-state index in [2.05, 4.69) is 16.4 Å². The summed E-state index contributed by atoms with van der Waals surface area (Å²) in [7, 11) is 0. The molecule has 0 aliphatic carbocycles. The molecule has 0 spiro atoms. The summed E-state index contributed by atoms with van der Waals surface area (Å²) in [5, 5.41) is 2.89. The highest BCUT2D eigenvalue weighted by atomic mass is 16.2. The monoisotopic (exact) mass is 376 g/mol. The van der Waals surface area contributed by atoms with Gasteiger partial charge in [0.25, 0.3) is 11.8 Å². The van der Waals surface area contributed by atoms with Gasteiger partial charge >= 0.3 is 0 Å². The molecule has 3 heterocycles. The highest BCUT2D eigenvalue weighted by molar-refractivity contribution is 6.11. The van der Waals surface area contributed by atoms with E-state index in [9.17, 15) is 9.59 Å². The maximum atomic E-state index is 13.5. The van der Waals surface area contributed by atoms with Crippen LogP contribution >= 0.6 is 0 Å². The van der Waals surface area contributed by atoms with E-state index in [0.717, 1.165) is 17.7 Å². The predicted molar refractivity (Wildman–Crippen MR) is 109 cm³/mol. The number of fused-ring (bicyclic) bond motifs is 2. The number of imidazole rings is 1. The first-order chi connectivity index (χ1) is 13.5. The lowest BCUT2D eigenvalue weighted by molar-refractivity contribution is 0.0938. The minimum absolute atomic E-state index is 0.0450. The molecule has 28 heavy (non-hydrogen) atoms. The molecule has 1 aliphatic heterocycles. The summed E-state index contributed by atoms with van der Waals surface area (Å²) in [4.78, 5) is 32.4. The maximum absolute atomic E-state index is 13.5. The van der Waals surface area contributed by atoms with Crippen molar-refractivity contribution >= 4 is 23.0 Å². The number of carbonyl (C=O) groups is 2. The van der Waals surface area contributed by atoms with E-state index in [1.54, 1.807) is 15.5 Å². The Morgan fingerprint density at radius 3 is 2.71 bits per heavy atom. The lowest BCUT2D eigenvalue weighted by Crippen LogP contribution is -2.36. The third-order valence-electron chi connectivity index (χ3n) is 5.05. The molecule has 0 saturated heterocycles. The minimum atomic E-state index is -0.274. The SMILES string of the molecule is CC(C)CNC(=O)c1nc(C(=O)N2c3ccccc3CC2C)c2ccccn12. The van der Waals surface area contributed by atoms with Crippen LogP contribution in [-0.4, -0.2) is 33.8 Å². The van der Waals surface area contributed by atoms with Crippen LogP contribution in [0.1, 0.15) is 47.4 Å². The molecular formula is C22H24N4O2. The molecule has 0 fully saturated rings. The molecule has 1 aromatic carbocycles. The van der Waals surface area contributed by atoms with Crippen LogP contribution in [0.4, 0.5) is 5.69 Å². The molecule has 6 nitrogen and oxygen atoms in total. The number of amides is 2. The van der Waals surface area contributed by atoms with Gasteiger partial charge in [0.05, 0.1) is 5.52 Å². The molecule has 144 valence electrons. The molecular weight excluding hydrogens is 352 g/mol. The van der Waals surface area contributed by atoms with Crippen molar-refractivity contribution in [3.63, 3.8) is 0 Å². The number of benzene rings is 1. The van der Waals surface area contributed by atoms with E-state index in [1.807, 2.05) is 57.2 Å². The van der Waals surface area contributed by atoms with Crippen molar-refractivity contribution in [2.24, 2.45) is 5.92 Å². The fourth-order valence-corrected chi connectivity index (χ4v) is 3.72. The molecule has 1 unspecified atom stereocenters. The van der Waals surface area contributed by atoms with E-state index < -0.39 is 0 Å². The summed E-state index contributed by atoms with van der Waals surface area (Å²) >= 11 is 0. The number of anilines is 1. The molecule has 0 bridgehead atoms. The second-order valence-electron chi connectivity index (χ2n) is 7.70. The van der Waals surface area contributed by atoms with Gasteiger partial charge in [-0.15, -0.1) is 0 Å². The van der Waals surface area contributed by atoms with E-state index >= 15 is 0 Å². The predicted octanol–water partition coefficient (Wildman–Crippen LogP) is 3.31. The van der Waals surface area contributed by atoms with Crippen LogP contribution in [0.15, 0.2) is 48.7 Å². The van der Waals surface area contributed by atoms with Crippen molar-refractivity contribution in [1.82, 2.24) is 14.7 Å². The topological polar surface area (TPSA) is 66.7 Å². The van der Waals surface area contributed by atoms with Gasteiger partial charge in [-0.25, -0.2) is 4.98 Å². The Labute approximate surface area is 164 Å². The molecule has 6 heteroatoms. The van der Waals surface area contributed by atoms with Crippen molar-refractivity contribution in [2.45, 2.75) is 33.2 Å². The van der Waals surface area contributed by atoms with Crippen molar-refractivity contribution in [3.8, 4) is 0 Å². The number of hydrogen-bond acceptors (Lipinski definition) is 3. The third kappa shape index (κ3) is 3.05. The summed E-state index contributed by atoms with van der Waals surface area (Å²) < 4.78 is 1.69. The number of nitrogens with one attached hydrogen (secondary N) is 1. The zero-order valence-corrected chi connectivity index (χ0v) is 16.3. The number of rotatable bonds is 4. The Hall–Kier alpha value is -3.15. The normalized spacial score (nSPS) is 15.9. The second kappa shape index (κ2) is 7.11. The van der Waals surface area contributed by atoms with Crippen LogP contribution in [-0.2, 0) is 6.42 Å². The molecule has 3 aromatic rings. The lowest BCUT2D eigenvalue weighted by atomic mass is 10.1. The fourth-order valence-electron chi connectivity index (χ4n) is 3.72. The number of pyridine rings is 1. The number of carbonyl (C=O) groups excluding carboxylic acids is 2. The largest absolute Gasteiger partial charge is 0.349 e. The van der Waals surface area contributed by atoms with Crippen molar-refractivity contribution in [3.05, 3.63) is 65.7 Å². The molecule has 2 aromatic heterocycles. The Kier molecular flexibility index (Phi) is 4.63. The molecule has 1 N–H and O–H groups in total. The third-order valence-corrected chi connectivity index (χ3v) is 5.05. The average Bonchev–Trinajstić information content (AvgIpc) is 3.23. The van der Waals surface area contributed by atoms with Crippen LogP contribution in [0.2, 0.25) is 0 Å². The van der Waals surface area contributed by atoms with Gasteiger partial charge in [-0.1, -0.05) is 38.1 Å². The minimum Gasteiger partial charge on any atom is -0.349 e. The van der Waals surface area contributed by atoms with Crippen LogP contribution in [0.25, 0.3) is 5.52 Å². The van der Waals surface area contributed by atoms with Gasteiger partial charge in [0.15, 0.2) is 5.69 Å². The van der Waals surface area contributed by atoms with E-state index in [-0.39, 0.29) is 23.7 Å². The zero-order chi connectivity index (χ0) is 19.8. The molecule has 1 aliphatic rings. The van der Waals surface area contributed by atoms with Gasteiger partial charge in [0.1, 0.15) is 0 Å². The summed E-state index contributed by atoms with van der Waals surface area (Å²) in [5.74, 6) is 0.117. The Morgan fingerprint density at radius 2 is 1.93 bits per heavy atom. The summed E-state index contributed by atoms with van der Waals surface area (Å²) in [6.45, 7) is 6.66. The summed E-state index contributed by atoms with van der Waals surface area (Å²) in [6, 6.07) is 13.5. The summed E-state index contributed by atoms with van der Waals surface area (Å²) in [5.41, 5.74) is 3.02. The number of aromatic nitrogens is 2. The Balaban J connectivity index is 1.75. The zero-order valence-electron chi connectivity index (χ0n) is 16.3. The smallest absolute Gasteiger partial charge is 0.287 e. The molecule has 1 atom stereocenters. The van der Waals surface area contributed by atoms with E-state index in [4.69, 9.17) is 0 Å². The molecule has 4 rings (SSSR count). The highest BCUT2D eigenvalue weighted by Crippen LogP contribution is 2.33. The van der Waals surface area contributed by atoms with Gasteiger partial charge in [-0.05, 0) is 43.0 Å². The van der Waals surface area contributed by atoms with Crippen LogP contribution < -0.4 is 10.2 Å². The highest BCUT2D eigenvalue weighted by Gasteiger charge is 2.34. The standard InChI is InChI=1S/C22H24N4O2/c1-14(2)13-23-21(27)20-24-19(18-10-6-7-11-25(18)20)22(28)26-15(3)12-16-8-4-5-9-17(16)26/h4-11,14-15H,12-13H2,1-3H3,(H,23,27). The quantitative estimate of drug-likeness (QED) is 0.760. The number of para-hydroxylation sites is 1. The number of hydrogen-bond donors (Lipinski definition) is 1. The average molecular weight is 376 g/mol. The second-order valence-corrected chi connectivity index (χ2v) is 7.70. The van der Waals surface area contributed by atoms with E-state index in [1.165, 1.54) is 0 Å². The van der Waals surface area contributed by atoms with Gasteiger partial charge in [0, 0.05) is 24.5 Å². The van der Waals surface area contributed by atoms with Crippen molar-refractivity contribution in [2.75, 3.05) is 11.4 Å². The molecule has 2 amide bonds. The first-order valence-electron chi connectivity index (χ1n) is 9.64. The van der Waals surface area contributed by atoms with Gasteiger partial charge in [-0.2, -0.15) is 0 Å². The Morgan fingerprint density at radius 1 is 1.18 bits per heavy atom. The van der Waals surface area contributed by atoms with Crippen LogP contribution in [0.5, 0.6) is 0 Å². The van der Waals surface area contributed by atoms with Crippen LogP contribution in [0.3, 0.4) is 0 Å². The van der Waals surface area contributed by atoms with E-state index in [0.29, 0.717) is 23.7 Å². The van der Waals surface area contributed by atoms with Crippen LogP contribution in [0, 0.1) is 5.92 Å². The molecule has 0 saturated carbocycles. The van der Waals surface area contributed by atoms with Gasteiger partial charge in [0.2, 0.25) is 5.82 Å². The first kappa shape index (κ1) is 18.2.